The molecular formula is C14H22N4O. The van der Waals surface area contributed by atoms with Crippen LogP contribution in [0.3, 0.4) is 0 Å². The van der Waals surface area contributed by atoms with Crippen molar-refractivity contribution in [3.05, 3.63) is 17.5 Å². The summed E-state index contributed by atoms with van der Waals surface area (Å²) in [5.74, 6) is 0.675. The van der Waals surface area contributed by atoms with Crippen LogP contribution in [0.1, 0.15) is 48.7 Å². The van der Waals surface area contributed by atoms with Crippen molar-refractivity contribution in [3.8, 4) is 0 Å². The molecule has 2 heterocycles. The van der Waals surface area contributed by atoms with Crippen LogP contribution in [0.25, 0.3) is 0 Å². The summed E-state index contributed by atoms with van der Waals surface area (Å²) in [6, 6.07) is 0. The van der Waals surface area contributed by atoms with Gasteiger partial charge in [0.05, 0.1) is 11.3 Å². The molecule has 1 aromatic heterocycles. The third-order valence-electron chi connectivity index (χ3n) is 3.39. The number of aryl methyl sites for hydroxylation is 1. The van der Waals surface area contributed by atoms with E-state index in [1.807, 2.05) is 13.8 Å². The molecular weight excluding hydrogens is 240 g/mol. The van der Waals surface area contributed by atoms with Gasteiger partial charge >= 0.3 is 0 Å². The Morgan fingerprint density at radius 2 is 2.11 bits per heavy atom. The second kappa shape index (κ2) is 6.50. The van der Waals surface area contributed by atoms with Gasteiger partial charge in [0.2, 0.25) is 5.95 Å². The monoisotopic (exact) mass is 262 g/mol. The van der Waals surface area contributed by atoms with E-state index in [1.165, 1.54) is 19.3 Å². The molecule has 1 saturated heterocycles. The molecule has 0 aromatic carbocycles. The number of carbonyl (C=O) groups excluding carboxylic acids is 1. The van der Waals surface area contributed by atoms with Crippen molar-refractivity contribution in [2.24, 2.45) is 0 Å². The van der Waals surface area contributed by atoms with Crippen LogP contribution in [0, 0.1) is 6.92 Å². The van der Waals surface area contributed by atoms with Gasteiger partial charge in [0.1, 0.15) is 0 Å². The third-order valence-corrected chi connectivity index (χ3v) is 3.39. The predicted octanol–water partition coefficient (Wildman–Crippen LogP) is 1.92. The molecule has 0 spiro atoms. The van der Waals surface area contributed by atoms with Crippen LogP contribution in [0.15, 0.2) is 6.20 Å². The largest absolute Gasteiger partial charge is 0.352 e. The van der Waals surface area contributed by atoms with E-state index in [9.17, 15) is 4.79 Å². The molecule has 1 aliphatic rings. The van der Waals surface area contributed by atoms with Crippen molar-refractivity contribution in [3.63, 3.8) is 0 Å². The second-order valence-electron chi connectivity index (χ2n) is 4.97. The predicted molar refractivity (Wildman–Crippen MR) is 75.5 cm³/mol. The molecule has 1 N–H and O–H groups in total. The first-order chi connectivity index (χ1) is 9.22. The highest BCUT2D eigenvalue weighted by Crippen LogP contribution is 2.16. The minimum absolute atomic E-state index is 0.0791. The fourth-order valence-electron chi connectivity index (χ4n) is 2.26. The molecule has 0 aliphatic carbocycles. The van der Waals surface area contributed by atoms with Crippen molar-refractivity contribution >= 4 is 11.9 Å². The van der Waals surface area contributed by atoms with E-state index in [0.717, 1.165) is 31.2 Å². The summed E-state index contributed by atoms with van der Waals surface area (Å²) in [6.07, 6.45) is 6.25. The van der Waals surface area contributed by atoms with Crippen LogP contribution in [0.2, 0.25) is 0 Å². The van der Waals surface area contributed by atoms with E-state index in [4.69, 9.17) is 0 Å². The minimum atomic E-state index is -0.0791. The van der Waals surface area contributed by atoms with Gasteiger partial charge in [-0.25, -0.2) is 9.97 Å². The summed E-state index contributed by atoms with van der Waals surface area (Å²) in [5, 5.41) is 2.86. The van der Waals surface area contributed by atoms with Gasteiger partial charge in [0, 0.05) is 25.8 Å². The zero-order valence-electron chi connectivity index (χ0n) is 11.8. The molecule has 0 saturated carbocycles. The highest BCUT2D eigenvalue weighted by atomic mass is 16.1. The molecule has 0 atom stereocenters. The Bertz CT molecular complexity index is 441. The summed E-state index contributed by atoms with van der Waals surface area (Å²) >= 11 is 0. The van der Waals surface area contributed by atoms with Crippen LogP contribution >= 0.6 is 0 Å². The summed E-state index contributed by atoms with van der Waals surface area (Å²) in [6.45, 7) is 6.62. The lowest BCUT2D eigenvalue weighted by Gasteiger charge is -2.26. The number of amides is 1. The van der Waals surface area contributed by atoms with Gasteiger partial charge in [-0.2, -0.15) is 0 Å². The molecule has 0 radical (unpaired) electrons. The van der Waals surface area contributed by atoms with Crippen molar-refractivity contribution in [2.75, 3.05) is 24.5 Å². The smallest absolute Gasteiger partial charge is 0.254 e. The molecule has 1 aliphatic heterocycles. The lowest BCUT2D eigenvalue weighted by atomic mass is 10.1. The number of anilines is 1. The number of carbonyl (C=O) groups is 1. The Morgan fingerprint density at radius 1 is 1.37 bits per heavy atom. The Kier molecular flexibility index (Phi) is 4.71. The molecule has 0 bridgehead atoms. The average Bonchev–Trinajstić information content (AvgIpc) is 2.45. The summed E-state index contributed by atoms with van der Waals surface area (Å²) < 4.78 is 0. The molecule has 1 fully saturated rings. The number of nitrogens with zero attached hydrogens (tertiary/aromatic N) is 3. The van der Waals surface area contributed by atoms with Crippen LogP contribution in [-0.2, 0) is 0 Å². The van der Waals surface area contributed by atoms with E-state index in [0.29, 0.717) is 12.1 Å². The molecule has 5 heteroatoms. The van der Waals surface area contributed by atoms with Crippen LogP contribution in [0.5, 0.6) is 0 Å². The fourth-order valence-corrected chi connectivity index (χ4v) is 2.26. The SMILES string of the molecule is CCCNC(=O)c1cnc(N2CCCCC2)nc1C. The number of nitrogens with one attached hydrogen (secondary N) is 1. The molecule has 1 amide bonds. The van der Waals surface area contributed by atoms with Crippen molar-refractivity contribution < 1.29 is 4.79 Å². The first-order valence-electron chi connectivity index (χ1n) is 7.09. The van der Waals surface area contributed by atoms with Gasteiger partial charge in [-0.1, -0.05) is 6.92 Å². The maximum atomic E-state index is 11.9. The number of rotatable bonds is 4. The van der Waals surface area contributed by atoms with Gasteiger partial charge in [-0.3, -0.25) is 4.79 Å². The van der Waals surface area contributed by atoms with Gasteiger partial charge in [-0.05, 0) is 32.6 Å². The normalized spacial score (nSPS) is 15.4. The minimum Gasteiger partial charge on any atom is -0.352 e. The molecule has 5 nitrogen and oxygen atoms in total. The number of piperidine rings is 1. The summed E-state index contributed by atoms with van der Waals surface area (Å²) in [7, 11) is 0. The topological polar surface area (TPSA) is 58.1 Å². The Labute approximate surface area is 114 Å². The lowest BCUT2D eigenvalue weighted by molar-refractivity contribution is 0.0952. The first kappa shape index (κ1) is 13.8. The van der Waals surface area contributed by atoms with Gasteiger partial charge in [0.15, 0.2) is 0 Å². The quantitative estimate of drug-likeness (QED) is 0.900. The Morgan fingerprint density at radius 3 is 2.74 bits per heavy atom. The van der Waals surface area contributed by atoms with Crippen molar-refractivity contribution in [1.29, 1.82) is 0 Å². The third kappa shape index (κ3) is 3.43. The van der Waals surface area contributed by atoms with Crippen LogP contribution in [0.4, 0.5) is 5.95 Å². The molecule has 0 unspecified atom stereocenters. The van der Waals surface area contributed by atoms with E-state index in [-0.39, 0.29) is 5.91 Å². The maximum Gasteiger partial charge on any atom is 0.254 e. The fraction of sp³-hybridized carbons (Fsp3) is 0.643. The summed E-state index contributed by atoms with van der Waals surface area (Å²) in [4.78, 5) is 22.9. The molecule has 1 aromatic rings. The van der Waals surface area contributed by atoms with E-state index >= 15 is 0 Å². The van der Waals surface area contributed by atoms with E-state index in [2.05, 4.69) is 20.2 Å². The lowest BCUT2D eigenvalue weighted by Crippen LogP contribution is -2.32. The van der Waals surface area contributed by atoms with Gasteiger partial charge in [-0.15, -0.1) is 0 Å². The second-order valence-corrected chi connectivity index (χ2v) is 4.97. The standard InChI is InChI=1S/C14H22N4O/c1-3-7-15-13(19)12-10-16-14(17-11(12)2)18-8-5-4-6-9-18/h10H,3-9H2,1-2H3,(H,15,19). The Hall–Kier alpha value is -1.65. The molecule has 104 valence electrons. The first-order valence-corrected chi connectivity index (χ1v) is 7.09. The molecule has 19 heavy (non-hydrogen) atoms. The van der Waals surface area contributed by atoms with E-state index in [1.54, 1.807) is 6.20 Å². The zero-order chi connectivity index (χ0) is 13.7. The van der Waals surface area contributed by atoms with Crippen molar-refractivity contribution in [2.45, 2.75) is 39.5 Å². The van der Waals surface area contributed by atoms with Gasteiger partial charge < -0.3 is 10.2 Å². The zero-order valence-corrected chi connectivity index (χ0v) is 11.8. The van der Waals surface area contributed by atoms with Crippen LogP contribution < -0.4 is 10.2 Å². The maximum absolute atomic E-state index is 11.9. The number of hydrogen-bond donors (Lipinski definition) is 1. The molecule has 2 rings (SSSR count). The van der Waals surface area contributed by atoms with E-state index < -0.39 is 0 Å². The average molecular weight is 262 g/mol. The van der Waals surface area contributed by atoms with Crippen LogP contribution in [-0.4, -0.2) is 35.5 Å². The highest BCUT2D eigenvalue weighted by Gasteiger charge is 2.16. The Balaban J connectivity index is 2.09. The number of hydrogen-bond acceptors (Lipinski definition) is 4. The number of aromatic nitrogens is 2. The van der Waals surface area contributed by atoms with Gasteiger partial charge in [0.25, 0.3) is 5.91 Å². The highest BCUT2D eigenvalue weighted by molar-refractivity contribution is 5.94. The summed E-state index contributed by atoms with van der Waals surface area (Å²) in [5.41, 5.74) is 1.33. The van der Waals surface area contributed by atoms with Crippen molar-refractivity contribution in [1.82, 2.24) is 15.3 Å².